The summed E-state index contributed by atoms with van der Waals surface area (Å²) in [6.07, 6.45) is 1.90. The van der Waals surface area contributed by atoms with Gasteiger partial charge in [-0.3, -0.25) is 0 Å². The zero-order valence-corrected chi connectivity index (χ0v) is 17.4. The summed E-state index contributed by atoms with van der Waals surface area (Å²) in [6.45, 7) is 4.99. The van der Waals surface area contributed by atoms with Gasteiger partial charge >= 0.3 is 0 Å². The molecule has 0 aromatic heterocycles. The Labute approximate surface area is 177 Å². The Hall–Kier alpha value is -2.02. The molecule has 2 aromatic rings. The van der Waals surface area contributed by atoms with E-state index in [4.69, 9.17) is 19.3 Å². The zero-order valence-electron chi connectivity index (χ0n) is 16.6. The highest BCUT2D eigenvalue weighted by Crippen LogP contribution is 2.36. The maximum absolute atomic E-state index is 13.2. The highest BCUT2D eigenvalue weighted by atomic mass is 35.5. The molecule has 0 saturated carbocycles. The molecule has 0 aliphatic carbocycles. The van der Waals surface area contributed by atoms with Crippen LogP contribution in [0.4, 0.5) is 4.39 Å². The minimum Gasteiger partial charge on any atom is -0.493 e. The smallest absolute Gasteiger partial charge is 0.231 e. The van der Waals surface area contributed by atoms with Crippen LogP contribution in [0, 0.1) is 11.7 Å². The van der Waals surface area contributed by atoms with Gasteiger partial charge in [-0.05, 0) is 55.1 Å². The van der Waals surface area contributed by atoms with Crippen molar-refractivity contribution in [3.8, 4) is 17.2 Å². The van der Waals surface area contributed by atoms with Gasteiger partial charge in [0.2, 0.25) is 6.79 Å². The van der Waals surface area contributed by atoms with Crippen molar-refractivity contribution < 1.29 is 23.7 Å². The van der Waals surface area contributed by atoms with Crippen molar-refractivity contribution in [1.82, 2.24) is 5.32 Å². The lowest BCUT2D eigenvalue weighted by Crippen LogP contribution is -2.38. The predicted molar refractivity (Wildman–Crippen MR) is 113 cm³/mol. The topological polar surface area (TPSA) is 60.0 Å². The number of aliphatic hydroxyl groups is 1. The zero-order chi connectivity index (χ0) is 19.8. The maximum atomic E-state index is 13.2. The summed E-state index contributed by atoms with van der Waals surface area (Å²) in [5.74, 6) is 2.79. The lowest BCUT2D eigenvalue weighted by Gasteiger charge is -2.32. The fraction of sp³-hybridized carbons (Fsp3) is 0.455. The van der Waals surface area contributed by atoms with Crippen LogP contribution < -0.4 is 19.5 Å². The summed E-state index contributed by atoms with van der Waals surface area (Å²) in [4.78, 5) is 0. The standard InChI is InChI=1S/C19H20FNO3.C3H8O.ClH/c20-15-3-1-13(2-4-15)17-7-8-21-10-14(17)11-22-16-5-6-18-19(9-16)24-12-23-18;1-2-3-4;/h1-6,9,14,17,21H,7-8,10-12H2;4H,2-3H2,1H3;1H/t14-,17-;;/m0../s1. The van der Waals surface area contributed by atoms with E-state index >= 15 is 0 Å². The normalized spacial score (nSPS) is 19.6. The first-order chi connectivity index (χ1) is 13.7. The van der Waals surface area contributed by atoms with Crippen molar-refractivity contribution >= 4 is 12.4 Å². The van der Waals surface area contributed by atoms with E-state index in [1.54, 1.807) is 0 Å². The first kappa shape index (κ1) is 23.3. The van der Waals surface area contributed by atoms with E-state index in [2.05, 4.69) is 5.32 Å². The van der Waals surface area contributed by atoms with Gasteiger partial charge in [0.05, 0.1) is 6.61 Å². The van der Waals surface area contributed by atoms with E-state index in [9.17, 15) is 4.39 Å². The predicted octanol–water partition coefficient (Wildman–Crippen LogP) is 4.14. The van der Waals surface area contributed by atoms with Gasteiger partial charge in [-0.1, -0.05) is 19.1 Å². The van der Waals surface area contributed by atoms with Gasteiger partial charge in [-0.15, -0.1) is 12.4 Å². The molecule has 2 aliphatic heterocycles. The summed E-state index contributed by atoms with van der Waals surface area (Å²) in [6, 6.07) is 12.5. The Balaban J connectivity index is 0.000000552. The molecule has 4 rings (SSSR count). The van der Waals surface area contributed by atoms with Crippen molar-refractivity contribution in [2.75, 3.05) is 33.1 Å². The Morgan fingerprint density at radius 2 is 1.86 bits per heavy atom. The van der Waals surface area contributed by atoms with Crippen molar-refractivity contribution in [2.45, 2.75) is 25.7 Å². The SMILES string of the molecule is CCCO.Cl.Fc1ccc([C@@H]2CCNC[C@H]2COc2ccc3c(c2)OCO3)cc1. The van der Waals surface area contributed by atoms with E-state index < -0.39 is 0 Å². The molecule has 7 heteroatoms. The van der Waals surface area contributed by atoms with E-state index in [0.717, 1.165) is 43.2 Å². The third-order valence-corrected chi connectivity index (χ3v) is 4.94. The summed E-state index contributed by atoms with van der Waals surface area (Å²) in [5, 5.41) is 11.3. The van der Waals surface area contributed by atoms with Crippen LogP contribution in [0.3, 0.4) is 0 Å². The highest BCUT2D eigenvalue weighted by Gasteiger charge is 2.27. The second-order valence-electron chi connectivity index (χ2n) is 6.96. The van der Waals surface area contributed by atoms with Crippen LogP contribution in [0.15, 0.2) is 42.5 Å². The van der Waals surface area contributed by atoms with Crippen LogP contribution in [-0.2, 0) is 0 Å². The second-order valence-corrected chi connectivity index (χ2v) is 6.96. The molecule has 2 atom stereocenters. The summed E-state index contributed by atoms with van der Waals surface area (Å²) < 4.78 is 29.9. The van der Waals surface area contributed by atoms with Crippen LogP contribution >= 0.6 is 12.4 Å². The summed E-state index contributed by atoms with van der Waals surface area (Å²) >= 11 is 0. The molecule has 1 fully saturated rings. The fourth-order valence-electron chi connectivity index (χ4n) is 3.42. The molecule has 0 bridgehead atoms. The molecule has 2 aromatic carbocycles. The number of benzene rings is 2. The third-order valence-electron chi connectivity index (χ3n) is 4.94. The first-order valence-electron chi connectivity index (χ1n) is 9.80. The van der Waals surface area contributed by atoms with Gasteiger partial charge in [0.25, 0.3) is 0 Å². The molecule has 160 valence electrons. The molecule has 5 nitrogen and oxygen atoms in total. The fourth-order valence-corrected chi connectivity index (χ4v) is 3.42. The maximum Gasteiger partial charge on any atom is 0.231 e. The number of aliphatic hydroxyl groups excluding tert-OH is 1. The van der Waals surface area contributed by atoms with Crippen LogP contribution in [0.5, 0.6) is 17.2 Å². The quantitative estimate of drug-likeness (QED) is 0.754. The second kappa shape index (κ2) is 11.9. The van der Waals surface area contributed by atoms with E-state index in [-0.39, 0.29) is 25.0 Å². The van der Waals surface area contributed by atoms with Gasteiger partial charge in [-0.2, -0.15) is 0 Å². The van der Waals surface area contributed by atoms with Crippen molar-refractivity contribution in [3.05, 3.63) is 53.8 Å². The lowest BCUT2D eigenvalue weighted by atomic mass is 9.81. The molecule has 29 heavy (non-hydrogen) atoms. The molecular formula is C22H29ClFNO4. The van der Waals surface area contributed by atoms with Crippen LogP contribution in [-0.4, -0.2) is 38.2 Å². The van der Waals surface area contributed by atoms with Gasteiger partial charge in [0, 0.05) is 25.1 Å². The molecular weight excluding hydrogens is 397 g/mol. The Morgan fingerprint density at radius 1 is 1.14 bits per heavy atom. The minimum absolute atomic E-state index is 0. The molecule has 0 amide bonds. The average molecular weight is 426 g/mol. The Kier molecular flexibility index (Phi) is 9.51. The van der Waals surface area contributed by atoms with Crippen molar-refractivity contribution in [2.24, 2.45) is 5.92 Å². The number of nitrogens with one attached hydrogen (secondary N) is 1. The average Bonchev–Trinajstić information content (AvgIpc) is 3.21. The number of hydrogen-bond donors (Lipinski definition) is 2. The van der Waals surface area contributed by atoms with E-state index in [1.165, 1.54) is 17.7 Å². The van der Waals surface area contributed by atoms with Gasteiger partial charge in [-0.25, -0.2) is 4.39 Å². The molecule has 2 N–H and O–H groups in total. The van der Waals surface area contributed by atoms with Crippen LogP contribution in [0.25, 0.3) is 0 Å². The van der Waals surface area contributed by atoms with Crippen molar-refractivity contribution in [1.29, 1.82) is 0 Å². The number of hydrogen-bond acceptors (Lipinski definition) is 5. The van der Waals surface area contributed by atoms with Crippen LogP contribution in [0.1, 0.15) is 31.2 Å². The monoisotopic (exact) mass is 425 g/mol. The van der Waals surface area contributed by atoms with E-state index in [1.807, 2.05) is 37.3 Å². The first-order valence-corrected chi connectivity index (χ1v) is 9.80. The van der Waals surface area contributed by atoms with Gasteiger partial charge in [0.15, 0.2) is 11.5 Å². The molecule has 1 saturated heterocycles. The van der Waals surface area contributed by atoms with Gasteiger partial charge in [0.1, 0.15) is 11.6 Å². The van der Waals surface area contributed by atoms with Crippen LogP contribution in [0.2, 0.25) is 0 Å². The number of fused-ring (bicyclic) bond motifs is 1. The molecule has 0 unspecified atom stereocenters. The molecule has 0 spiro atoms. The summed E-state index contributed by atoms with van der Waals surface area (Å²) in [5.41, 5.74) is 1.18. The van der Waals surface area contributed by atoms with Gasteiger partial charge < -0.3 is 24.6 Å². The number of piperidine rings is 1. The van der Waals surface area contributed by atoms with Crippen molar-refractivity contribution in [3.63, 3.8) is 0 Å². The Morgan fingerprint density at radius 3 is 2.59 bits per heavy atom. The largest absolute Gasteiger partial charge is 0.493 e. The number of rotatable bonds is 5. The lowest BCUT2D eigenvalue weighted by molar-refractivity contribution is 0.173. The third kappa shape index (κ3) is 6.49. The highest BCUT2D eigenvalue weighted by molar-refractivity contribution is 5.85. The Bertz CT molecular complexity index is 742. The molecule has 0 radical (unpaired) electrons. The molecule has 2 heterocycles. The number of ether oxygens (including phenoxy) is 3. The summed E-state index contributed by atoms with van der Waals surface area (Å²) in [7, 11) is 0. The minimum atomic E-state index is -0.194. The molecule has 2 aliphatic rings. The number of halogens is 2. The van der Waals surface area contributed by atoms with E-state index in [0.29, 0.717) is 25.0 Å².